The number of fused-ring (bicyclic) bond motifs is 1. The van der Waals surface area contributed by atoms with Crippen molar-refractivity contribution in [3.63, 3.8) is 0 Å². The molecule has 0 radical (unpaired) electrons. The molecular weight excluding hydrogens is 160 g/mol. The molecule has 2 N–H and O–H groups in total. The summed E-state index contributed by atoms with van der Waals surface area (Å²) in [4.78, 5) is 17.4. The monoisotopic (exact) mass is 166 g/mol. The fourth-order valence-corrected chi connectivity index (χ4v) is 0.987. The topological polar surface area (TPSA) is 83.7 Å². The van der Waals surface area contributed by atoms with Crippen LogP contribution in [-0.2, 0) is 0 Å². The smallest absolute Gasteiger partial charge is 0.265 e. The van der Waals surface area contributed by atoms with Crippen LogP contribution in [0.5, 0.6) is 5.88 Å². The molecular formula is C6H6N4O2. The standard InChI is InChI=1S/C6H6N4O2/c1-12-6-3-4(9-10-6)7-2-8-5(3)11/h2H,1H3,(H2,7,8,9,10,11). The third kappa shape index (κ3) is 0.777. The van der Waals surface area contributed by atoms with Crippen molar-refractivity contribution >= 4 is 11.0 Å². The van der Waals surface area contributed by atoms with Crippen LogP contribution < -0.4 is 10.3 Å². The van der Waals surface area contributed by atoms with Crippen molar-refractivity contribution in [2.45, 2.75) is 0 Å². The second kappa shape index (κ2) is 2.33. The first-order valence-corrected chi connectivity index (χ1v) is 3.28. The van der Waals surface area contributed by atoms with E-state index in [0.717, 1.165) is 0 Å². The number of nitrogens with one attached hydrogen (secondary N) is 2. The third-order valence-electron chi connectivity index (χ3n) is 1.53. The van der Waals surface area contributed by atoms with E-state index in [9.17, 15) is 4.79 Å². The van der Waals surface area contributed by atoms with Crippen molar-refractivity contribution in [3.8, 4) is 5.88 Å². The van der Waals surface area contributed by atoms with E-state index in [1.165, 1.54) is 13.4 Å². The van der Waals surface area contributed by atoms with E-state index >= 15 is 0 Å². The van der Waals surface area contributed by atoms with Gasteiger partial charge in [0.15, 0.2) is 5.65 Å². The van der Waals surface area contributed by atoms with Crippen molar-refractivity contribution < 1.29 is 4.74 Å². The van der Waals surface area contributed by atoms with Crippen LogP contribution in [0.15, 0.2) is 11.1 Å². The minimum Gasteiger partial charge on any atom is -0.481 e. The normalized spacial score (nSPS) is 10.4. The van der Waals surface area contributed by atoms with Crippen LogP contribution in [0.2, 0.25) is 0 Å². The van der Waals surface area contributed by atoms with Gasteiger partial charge < -0.3 is 9.72 Å². The lowest BCUT2D eigenvalue weighted by molar-refractivity contribution is 0.401. The molecule has 12 heavy (non-hydrogen) atoms. The van der Waals surface area contributed by atoms with Gasteiger partial charge in [-0.3, -0.25) is 4.79 Å². The summed E-state index contributed by atoms with van der Waals surface area (Å²) in [6.45, 7) is 0. The summed E-state index contributed by atoms with van der Waals surface area (Å²) in [7, 11) is 1.46. The van der Waals surface area contributed by atoms with Gasteiger partial charge in [0, 0.05) is 0 Å². The van der Waals surface area contributed by atoms with Gasteiger partial charge in [-0.25, -0.2) is 10.1 Å². The molecule has 2 rings (SSSR count). The van der Waals surface area contributed by atoms with E-state index in [-0.39, 0.29) is 5.56 Å². The maximum atomic E-state index is 11.2. The largest absolute Gasteiger partial charge is 0.481 e. The molecule has 0 unspecified atom stereocenters. The zero-order valence-electron chi connectivity index (χ0n) is 6.29. The Balaban J connectivity index is 2.92. The van der Waals surface area contributed by atoms with Gasteiger partial charge in [0.25, 0.3) is 5.56 Å². The first-order chi connectivity index (χ1) is 5.83. The average molecular weight is 166 g/mol. The Hall–Kier alpha value is -1.85. The number of aromatic nitrogens is 4. The van der Waals surface area contributed by atoms with Crippen LogP contribution in [0, 0.1) is 0 Å². The zero-order valence-corrected chi connectivity index (χ0v) is 6.29. The number of nitrogens with zero attached hydrogens (tertiary/aromatic N) is 2. The first kappa shape index (κ1) is 6.84. The predicted octanol–water partition coefficient (Wildman–Crippen LogP) is -0.345. The Kier molecular flexibility index (Phi) is 1.33. The summed E-state index contributed by atoms with van der Waals surface area (Å²) in [5.74, 6) is 0.333. The number of hydrogen-bond donors (Lipinski definition) is 2. The lowest BCUT2D eigenvalue weighted by Gasteiger charge is -1.91. The molecule has 0 saturated carbocycles. The first-order valence-electron chi connectivity index (χ1n) is 3.28. The zero-order chi connectivity index (χ0) is 8.55. The molecule has 0 aromatic carbocycles. The summed E-state index contributed by atoms with van der Waals surface area (Å²) in [6, 6.07) is 0. The van der Waals surface area contributed by atoms with E-state index < -0.39 is 0 Å². The minimum absolute atomic E-state index is 0.259. The maximum absolute atomic E-state index is 11.2. The van der Waals surface area contributed by atoms with Crippen LogP contribution >= 0.6 is 0 Å². The number of methoxy groups -OCH3 is 1. The maximum Gasteiger partial charge on any atom is 0.265 e. The van der Waals surface area contributed by atoms with Crippen molar-refractivity contribution in [2.75, 3.05) is 7.11 Å². The Labute approximate surface area is 66.6 Å². The molecule has 0 bridgehead atoms. The van der Waals surface area contributed by atoms with E-state index in [1.807, 2.05) is 0 Å². The van der Waals surface area contributed by atoms with Crippen molar-refractivity contribution in [1.82, 2.24) is 20.2 Å². The second-order valence-corrected chi connectivity index (χ2v) is 2.19. The highest BCUT2D eigenvalue weighted by Gasteiger charge is 2.08. The van der Waals surface area contributed by atoms with Gasteiger partial charge in [-0.1, -0.05) is 0 Å². The number of ether oxygens (including phenoxy) is 1. The molecule has 6 nitrogen and oxygen atoms in total. The Morgan fingerprint density at radius 1 is 1.58 bits per heavy atom. The quantitative estimate of drug-likeness (QED) is 0.606. The molecule has 6 heteroatoms. The van der Waals surface area contributed by atoms with Gasteiger partial charge >= 0.3 is 0 Å². The molecule has 0 spiro atoms. The molecule has 0 atom stereocenters. The number of H-pyrrole nitrogens is 2. The van der Waals surface area contributed by atoms with E-state index in [2.05, 4.69) is 20.2 Å². The van der Waals surface area contributed by atoms with Crippen LogP contribution in [0.1, 0.15) is 0 Å². The molecule has 0 saturated heterocycles. The average Bonchev–Trinajstić information content (AvgIpc) is 2.49. The fraction of sp³-hybridized carbons (Fsp3) is 0.167. The summed E-state index contributed by atoms with van der Waals surface area (Å²) >= 11 is 0. The highest BCUT2D eigenvalue weighted by atomic mass is 16.5. The highest BCUT2D eigenvalue weighted by Crippen LogP contribution is 2.14. The molecule has 0 aliphatic heterocycles. The summed E-state index contributed by atoms with van der Waals surface area (Å²) in [5.41, 5.74) is 0.0983. The Morgan fingerprint density at radius 3 is 3.17 bits per heavy atom. The molecule has 0 fully saturated rings. The van der Waals surface area contributed by atoms with Crippen molar-refractivity contribution in [3.05, 3.63) is 16.7 Å². The highest BCUT2D eigenvalue weighted by molar-refractivity contribution is 5.78. The van der Waals surface area contributed by atoms with Crippen LogP contribution in [0.4, 0.5) is 0 Å². The lowest BCUT2D eigenvalue weighted by Crippen LogP contribution is -2.05. The molecule has 2 heterocycles. The van der Waals surface area contributed by atoms with E-state index in [0.29, 0.717) is 16.9 Å². The predicted molar refractivity (Wildman–Crippen MR) is 41.1 cm³/mol. The van der Waals surface area contributed by atoms with E-state index in [4.69, 9.17) is 4.74 Å². The summed E-state index contributed by atoms with van der Waals surface area (Å²) in [6.07, 6.45) is 1.30. The fourth-order valence-electron chi connectivity index (χ4n) is 0.987. The van der Waals surface area contributed by atoms with Crippen molar-refractivity contribution in [2.24, 2.45) is 0 Å². The van der Waals surface area contributed by atoms with Crippen molar-refractivity contribution in [1.29, 1.82) is 0 Å². The molecule has 0 amide bonds. The van der Waals surface area contributed by atoms with Gasteiger partial charge in [-0.05, 0) is 0 Å². The van der Waals surface area contributed by atoms with Crippen LogP contribution in [-0.4, -0.2) is 27.3 Å². The van der Waals surface area contributed by atoms with Crippen LogP contribution in [0.3, 0.4) is 0 Å². The van der Waals surface area contributed by atoms with Gasteiger partial charge in [0.2, 0.25) is 5.88 Å². The molecule has 0 aliphatic carbocycles. The number of rotatable bonds is 1. The summed E-state index contributed by atoms with van der Waals surface area (Å²) < 4.78 is 4.87. The molecule has 2 aromatic heterocycles. The lowest BCUT2D eigenvalue weighted by atomic mass is 10.4. The summed E-state index contributed by atoms with van der Waals surface area (Å²) in [5, 5.41) is 6.67. The Morgan fingerprint density at radius 2 is 2.42 bits per heavy atom. The third-order valence-corrected chi connectivity index (χ3v) is 1.53. The van der Waals surface area contributed by atoms with E-state index in [1.54, 1.807) is 0 Å². The number of hydrogen-bond acceptors (Lipinski definition) is 4. The molecule has 0 aliphatic rings. The van der Waals surface area contributed by atoms with Gasteiger partial charge in [-0.2, -0.15) is 5.10 Å². The second-order valence-electron chi connectivity index (χ2n) is 2.19. The minimum atomic E-state index is -0.259. The van der Waals surface area contributed by atoms with Gasteiger partial charge in [0.1, 0.15) is 5.39 Å². The van der Waals surface area contributed by atoms with Gasteiger partial charge in [-0.15, -0.1) is 0 Å². The number of aromatic amines is 2. The van der Waals surface area contributed by atoms with Crippen LogP contribution in [0.25, 0.3) is 11.0 Å². The SMILES string of the molecule is COc1[nH]nc2nc[nH]c(=O)c12. The molecule has 62 valence electrons. The molecule has 2 aromatic rings. The van der Waals surface area contributed by atoms with Gasteiger partial charge in [0.05, 0.1) is 13.4 Å². The Bertz CT molecular complexity index is 458.